The summed E-state index contributed by atoms with van der Waals surface area (Å²) < 4.78 is 0. The Morgan fingerprint density at radius 2 is 1.46 bits per heavy atom. The van der Waals surface area contributed by atoms with Gasteiger partial charge in [-0.25, -0.2) is 0 Å². The number of carbonyl (C=O) groups excluding carboxylic acids is 1. The van der Waals surface area contributed by atoms with E-state index in [1.807, 2.05) is 0 Å². The van der Waals surface area contributed by atoms with Gasteiger partial charge in [-0.15, -0.1) is 24.8 Å². The quantitative estimate of drug-likeness (QED) is 0.728. The lowest BCUT2D eigenvalue weighted by atomic mass is 9.65. The zero-order valence-electron chi connectivity index (χ0n) is 17.4. The number of piperidine rings is 1. The van der Waals surface area contributed by atoms with Gasteiger partial charge in [-0.3, -0.25) is 4.79 Å². The third-order valence-corrected chi connectivity index (χ3v) is 7.81. The Morgan fingerprint density at radius 1 is 0.821 bits per heavy atom. The summed E-state index contributed by atoms with van der Waals surface area (Å²) in [5, 5.41) is 0. The zero-order valence-corrected chi connectivity index (χ0v) is 19.0. The summed E-state index contributed by atoms with van der Waals surface area (Å²) >= 11 is 0. The molecule has 6 heteroatoms. The van der Waals surface area contributed by atoms with Crippen molar-refractivity contribution in [1.82, 2.24) is 9.80 Å². The zero-order chi connectivity index (χ0) is 17.9. The molecule has 4 aliphatic rings. The molecular weight excluding hydrogens is 393 g/mol. The average Bonchev–Trinajstić information content (AvgIpc) is 2.90. The van der Waals surface area contributed by atoms with Crippen molar-refractivity contribution in [3.05, 3.63) is 0 Å². The summed E-state index contributed by atoms with van der Waals surface area (Å²) in [7, 11) is 0. The Balaban J connectivity index is 0.00000140. The van der Waals surface area contributed by atoms with Crippen molar-refractivity contribution in [3.63, 3.8) is 0 Å². The van der Waals surface area contributed by atoms with Gasteiger partial charge in [0.1, 0.15) is 0 Å². The van der Waals surface area contributed by atoms with E-state index < -0.39 is 0 Å². The first-order valence-electron chi connectivity index (χ1n) is 11.5. The Bertz CT molecular complexity index is 470. The molecular formula is C22H41Cl2N3O. The number of fused-ring (bicyclic) bond motifs is 2. The van der Waals surface area contributed by atoms with Gasteiger partial charge in [0.25, 0.3) is 0 Å². The van der Waals surface area contributed by atoms with Gasteiger partial charge < -0.3 is 15.5 Å². The van der Waals surface area contributed by atoms with Crippen LogP contribution in [-0.2, 0) is 4.79 Å². The molecule has 2 aliphatic heterocycles. The van der Waals surface area contributed by atoms with Crippen molar-refractivity contribution in [2.24, 2.45) is 29.4 Å². The molecule has 2 heterocycles. The molecule has 4 fully saturated rings. The van der Waals surface area contributed by atoms with Gasteiger partial charge in [-0.05, 0) is 82.2 Å². The van der Waals surface area contributed by atoms with E-state index in [9.17, 15) is 4.79 Å². The van der Waals surface area contributed by atoms with E-state index in [0.29, 0.717) is 29.7 Å². The maximum atomic E-state index is 13.3. The fraction of sp³-hybridized carbons (Fsp3) is 0.955. The number of halogens is 2. The highest BCUT2D eigenvalue weighted by atomic mass is 35.5. The number of nitrogens with zero attached hydrogens (tertiary/aromatic N) is 2. The van der Waals surface area contributed by atoms with Gasteiger partial charge in [0.05, 0.1) is 0 Å². The molecule has 0 spiro atoms. The SMILES string of the molecule is Cl.Cl.NC1C2CCCC1CC(C(=O)N1CCCC(CN3CCCCCC3)C1)C2. The van der Waals surface area contributed by atoms with Gasteiger partial charge in [0.15, 0.2) is 0 Å². The molecule has 2 N–H and O–H groups in total. The van der Waals surface area contributed by atoms with E-state index >= 15 is 0 Å². The second-order valence-electron chi connectivity index (χ2n) is 9.70. The van der Waals surface area contributed by atoms with Crippen molar-refractivity contribution in [2.75, 3.05) is 32.7 Å². The second kappa shape index (κ2) is 11.4. The minimum Gasteiger partial charge on any atom is -0.342 e. The van der Waals surface area contributed by atoms with E-state index in [-0.39, 0.29) is 30.7 Å². The maximum Gasteiger partial charge on any atom is 0.225 e. The van der Waals surface area contributed by atoms with Gasteiger partial charge in [0.2, 0.25) is 5.91 Å². The molecule has 0 radical (unpaired) electrons. The maximum absolute atomic E-state index is 13.3. The van der Waals surface area contributed by atoms with Crippen LogP contribution >= 0.6 is 24.8 Å². The van der Waals surface area contributed by atoms with Crippen molar-refractivity contribution in [3.8, 4) is 0 Å². The highest BCUT2D eigenvalue weighted by Gasteiger charge is 2.42. The first kappa shape index (κ1) is 24.2. The number of nitrogens with two attached hydrogens (primary N) is 1. The van der Waals surface area contributed by atoms with E-state index in [0.717, 1.165) is 25.9 Å². The molecule has 164 valence electrons. The summed E-state index contributed by atoms with van der Waals surface area (Å²) in [6.07, 6.45) is 14.0. The summed E-state index contributed by atoms with van der Waals surface area (Å²) in [6, 6.07) is 0.366. The van der Waals surface area contributed by atoms with Gasteiger partial charge in [-0.1, -0.05) is 19.3 Å². The van der Waals surface area contributed by atoms with Crippen LogP contribution in [0.5, 0.6) is 0 Å². The molecule has 3 unspecified atom stereocenters. The molecule has 4 rings (SSSR count). The fourth-order valence-electron chi connectivity index (χ4n) is 6.35. The molecule has 28 heavy (non-hydrogen) atoms. The number of likely N-dealkylation sites (tertiary alicyclic amines) is 2. The number of hydrogen-bond acceptors (Lipinski definition) is 3. The average molecular weight is 434 g/mol. The molecule has 1 amide bonds. The Labute approximate surface area is 184 Å². The minimum atomic E-state index is 0. The molecule has 4 nitrogen and oxygen atoms in total. The molecule has 0 aromatic rings. The van der Waals surface area contributed by atoms with Crippen LogP contribution in [0.15, 0.2) is 0 Å². The summed E-state index contributed by atoms with van der Waals surface area (Å²) in [4.78, 5) is 18.2. The number of carbonyl (C=O) groups is 1. The lowest BCUT2D eigenvalue weighted by molar-refractivity contribution is -0.140. The van der Waals surface area contributed by atoms with Crippen molar-refractivity contribution >= 4 is 30.7 Å². The number of hydrogen-bond donors (Lipinski definition) is 1. The smallest absolute Gasteiger partial charge is 0.225 e. The standard InChI is InChI=1S/C22H39N3O.2ClH/c23-21-18-8-5-9-19(21)14-20(13-18)22(26)25-12-6-7-17(16-25)15-24-10-3-1-2-4-11-24;;/h17-21H,1-16,23H2;2*1H. The van der Waals surface area contributed by atoms with Gasteiger partial charge >= 0.3 is 0 Å². The van der Waals surface area contributed by atoms with Crippen LogP contribution in [0.3, 0.4) is 0 Å². The topological polar surface area (TPSA) is 49.6 Å². The molecule has 2 aliphatic carbocycles. The number of amides is 1. The summed E-state index contributed by atoms with van der Waals surface area (Å²) in [5.74, 6) is 2.64. The molecule has 3 atom stereocenters. The van der Waals surface area contributed by atoms with Crippen LogP contribution in [0.25, 0.3) is 0 Å². The molecule has 2 bridgehead atoms. The third kappa shape index (κ3) is 5.77. The molecule has 0 aromatic carbocycles. The second-order valence-corrected chi connectivity index (χ2v) is 9.70. The van der Waals surface area contributed by atoms with E-state index in [1.165, 1.54) is 77.4 Å². The fourth-order valence-corrected chi connectivity index (χ4v) is 6.35. The first-order chi connectivity index (χ1) is 12.7. The highest BCUT2D eigenvalue weighted by molar-refractivity contribution is 5.85. The van der Waals surface area contributed by atoms with Crippen LogP contribution in [0.4, 0.5) is 0 Å². The van der Waals surface area contributed by atoms with Crippen LogP contribution < -0.4 is 5.73 Å². The molecule has 0 aromatic heterocycles. The summed E-state index contributed by atoms with van der Waals surface area (Å²) in [6.45, 7) is 5.76. The minimum absolute atomic E-state index is 0. The first-order valence-corrected chi connectivity index (χ1v) is 11.5. The van der Waals surface area contributed by atoms with Crippen molar-refractivity contribution in [2.45, 2.75) is 76.7 Å². The largest absolute Gasteiger partial charge is 0.342 e. The summed E-state index contributed by atoms with van der Waals surface area (Å²) in [5.41, 5.74) is 6.43. The van der Waals surface area contributed by atoms with Crippen LogP contribution in [-0.4, -0.2) is 54.5 Å². The molecule has 2 saturated heterocycles. The highest BCUT2D eigenvalue weighted by Crippen LogP contribution is 2.42. The normalized spacial score (nSPS) is 36.6. The monoisotopic (exact) mass is 433 g/mol. The van der Waals surface area contributed by atoms with E-state index in [2.05, 4.69) is 9.80 Å². The third-order valence-electron chi connectivity index (χ3n) is 7.81. The Hall–Kier alpha value is -0.0300. The number of rotatable bonds is 3. The predicted molar refractivity (Wildman–Crippen MR) is 120 cm³/mol. The van der Waals surface area contributed by atoms with Gasteiger partial charge in [-0.2, -0.15) is 0 Å². The van der Waals surface area contributed by atoms with Crippen LogP contribution in [0.1, 0.15) is 70.6 Å². The van der Waals surface area contributed by atoms with E-state index in [1.54, 1.807) is 0 Å². The lowest BCUT2D eigenvalue weighted by Gasteiger charge is -2.45. The van der Waals surface area contributed by atoms with Crippen molar-refractivity contribution < 1.29 is 4.79 Å². The lowest BCUT2D eigenvalue weighted by Crippen LogP contribution is -2.51. The Kier molecular flexibility index (Phi) is 9.86. The van der Waals surface area contributed by atoms with E-state index in [4.69, 9.17) is 5.73 Å². The Morgan fingerprint density at radius 3 is 2.11 bits per heavy atom. The van der Waals surface area contributed by atoms with Gasteiger partial charge in [0, 0.05) is 31.6 Å². The van der Waals surface area contributed by atoms with Crippen molar-refractivity contribution in [1.29, 1.82) is 0 Å². The van der Waals surface area contributed by atoms with Crippen LogP contribution in [0, 0.1) is 23.7 Å². The van der Waals surface area contributed by atoms with Crippen LogP contribution in [0.2, 0.25) is 0 Å². The predicted octanol–water partition coefficient (Wildman–Crippen LogP) is 4.10. The molecule has 2 saturated carbocycles.